The number of H-pyrrole nitrogens is 1. The third-order valence-corrected chi connectivity index (χ3v) is 5.70. The van der Waals surface area contributed by atoms with Crippen molar-refractivity contribution in [3.63, 3.8) is 0 Å². The maximum atomic E-state index is 12.6. The van der Waals surface area contributed by atoms with Gasteiger partial charge < -0.3 is 15.2 Å². The van der Waals surface area contributed by atoms with Crippen LogP contribution in [0.4, 0.5) is 0 Å². The molecule has 3 aromatic rings. The summed E-state index contributed by atoms with van der Waals surface area (Å²) in [7, 11) is 0. The Morgan fingerprint density at radius 3 is 2.69 bits per heavy atom. The molecule has 4 rings (SSSR count). The molecule has 0 bridgehead atoms. The second kappa shape index (κ2) is 8.33. The molecule has 2 aromatic heterocycles. The fraction of sp³-hybridized carbons (Fsp3) is 0.435. The summed E-state index contributed by atoms with van der Waals surface area (Å²) >= 11 is 0. The van der Waals surface area contributed by atoms with Crippen LogP contribution in [0.2, 0.25) is 0 Å². The van der Waals surface area contributed by atoms with Crippen molar-refractivity contribution in [1.29, 1.82) is 0 Å². The molecule has 0 spiro atoms. The second-order valence-electron chi connectivity index (χ2n) is 8.31. The van der Waals surface area contributed by atoms with Crippen LogP contribution in [0.15, 0.2) is 42.6 Å². The minimum absolute atomic E-state index is 0.0251. The Morgan fingerprint density at radius 1 is 1.21 bits per heavy atom. The quantitative estimate of drug-likeness (QED) is 0.693. The van der Waals surface area contributed by atoms with Crippen LogP contribution in [-0.2, 0) is 0 Å². The van der Waals surface area contributed by atoms with Crippen molar-refractivity contribution in [2.24, 2.45) is 5.92 Å². The summed E-state index contributed by atoms with van der Waals surface area (Å²) in [5.74, 6) is 1.43. The van der Waals surface area contributed by atoms with E-state index in [-0.39, 0.29) is 11.9 Å². The van der Waals surface area contributed by atoms with Crippen LogP contribution in [0.25, 0.3) is 11.0 Å². The number of pyridine rings is 1. The Bertz CT molecular complexity index is 973. The highest BCUT2D eigenvalue weighted by Gasteiger charge is 2.28. The molecule has 2 N–H and O–H groups in total. The molecule has 6 nitrogen and oxygen atoms in total. The predicted molar refractivity (Wildman–Crippen MR) is 115 cm³/mol. The number of aromatic amines is 1. The van der Waals surface area contributed by atoms with Crippen molar-refractivity contribution in [2.75, 3.05) is 13.1 Å². The van der Waals surface area contributed by atoms with E-state index in [9.17, 15) is 4.79 Å². The topological polar surface area (TPSA) is 73.9 Å². The zero-order valence-corrected chi connectivity index (χ0v) is 17.4. The largest absolute Gasteiger partial charge is 0.341 e. The number of rotatable bonds is 5. The van der Waals surface area contributed by atoms with Crippen LogP contribution < -0.4 is 5.32 Å². The first-order valence-corrected chi connectivity index (χ1v) is 10.4. The second-order valence-corrected chi connectivity index (χ2v) is 8.31. The molecule has 1 atom stereocenters. The van der Waals surface area contributed by atoms with E-state index in [1.807, 2.05) is 17.0 Å². The molecular formula is C23H29N5O. The number of carbonyl (C=O) groups is 1. The van der Waals surface area contributed by atoms with Gasteiger partial charge in [-0.05, 0) is 55.5 Å². The lowest BCUT2D eigenvalue weighted by Crippen LogP contribution is -2.46. The van der Waals surface area contributed by atoms with Gasteiger partial charge in [-0.15, -0.1) is 0 Å². The third-order valence-electron chi connectivity index (χ3n) is 5.70. The molecule has 1 unspecified atom stereocenters. The fourth-order valence-corrected chi connectivity index (χ4v) is 4.03. The van der Waals surface area contributed by atoms with Gasteiger partial charge in [0.2, 0.25) is 0 Å². The first kappa shape index (κ1) is 19.6. The van der Waals surface area contributed by atoms with Crippen LogP contribution in [0.1, 0.15) is 54.6 Å². The number of benzene rings is 1. The Hall–Kier alpha value is -2.73. The lowest BCUT2D eigenvalue weighted by atomic mass is 9.98. The number of hydrogen-bond donors (Lipinski definition) is 2. The summed E-state index contributed by atoms with van der Waals surface area (Å²) in [5, 5.41) is 3.80. The zero-order chi connectivity index (χ0) is 20.4. The Labute approximate surface area is 171 Å². The van der Waals surface area contributed by atoms with Crippen molar-refractivity contribution in [3.8, 4) is 0 Å². The van der Waals surface area contributed by atoms with Gasteiger partial charge in [0.1, 0.15) is 11.5 Å². The Kier molecular flexibility index (Phi) is 5.62. The van der Waals surface area contributed by atoms with E-state index in [0.29, 0.717) is 17.7 Å². The van der Waals surface area contributed by atoms with Crippen LogP contribution >= 0.6 is 0 Å². The van der Waals surface area contributed by atoms with Crippen LogP contribution in [0.3, 0.4) is 0 Å². The number of nitrogens with one attached hydrogen (secondary N) is 2. The van der Waals surface area contributed by atoms with Crippen molar-refractivity contribution >= 4 is 16.9 Å². The smallest absolute Gasteiger partial charge is 0.272 e. The fourth-order valence-electron chi connectivity index (χ4n) is 4.03. The molecule has 29 heavy (non-hydrogen) atoms. The molecule has 3 heterocycles. The maximum absolute atomic E-state index is 12.6. The van der Waals surface area contributed by atoms with Gasteiger partial charge in [-0.3, -0.25) is 9.78 Å². The average molecular weight is 392 g/mol. The maximum Gasteiger partial charge on any atom is 0.272 e. The van der Waals surface area contributed by atoms with Gasteiger partial charge in [0, 0.05) is 25.3 Å². The number of fused-ring (bicyclic) bond motifs is 1. The lowest BCUT2D eigenvalue weighted by molar-refractivity contribution is 0.0692. The molecule has 0 saturated carbocycles. The normalized spacial score (nSPS) is 16.5. The summed E-state index contributed by atoms with van der Waals surface area (Å²) < 4.78 is 0. The first-order valence-electron chi connectivity index (χ1n) is 10.4. The molecular weight excluding hydrogens is 362 g/mol. The van der Waals surface area contributed by atoms with Gasteiger partial charge in [0.25, 0.3) is 5.91 Å². The zero-order valence-electron chi connectivity index (χ0n) is 17.4. The summed E-state index contributed by atoms with van der Waals surface area (Å²) in [6.45, 7) is 8.03. The molecule has 1 aliphatic rings. The van der Waals surface area contributed by atoms with E-state index in [1.165, 1.54) is 5.56 Å². The monoisotopic (exact) mass is 391 g/mol. The van der Waals surface area contributed by atoms with E-state index in [0.717, 1.165) is 42.8 Å². The summed E-state index contributed by atoms with van der Waals surface area (Å²) in [4.78, 5) is 27.1. The van der Waals surface area contributed by atoms with Crippen LogP contribution in [0.5, 0.6) is 0 Å². The molecule has 0 aliphatic carbocycles. The molecule has 6 heteroatoms. The first-order chi connectivity index (χ1) is 14.0. The summed E-state index contributed by atoms with van der Waals surface area (Å²) in [5.41, 5.74) is 3.85. The minimum Gasteiger partial charge on any atom is -0.341 e. The van der Waals surface area contributed by atoms with Gasteiger partial charge >= 0.3 is 0 Å². The van der Waals surface area contributed by atoms with Gasteiger partial charge in [0.05, 0.1) is 17.1 Å². The molecule has 1 fully saturated rings. The number of carbonyl (C=O) groups excluding carboxylic acids is 1. The molecule has 1 aromatic carbocycles. The molecule has 1 aliphatic heterocycles. The van der Waals surface area contributed by atoms with Gasteiger partial charge in [-0.1, -0.05) is 26.0 Å². The predicted octanol–water partition coefficient (Wildman–Crippen LogP) is 3.86. The number of aryl methyl sites for hydroxylation is 1. The van der Waals surface area contributed by atoms with Crippen molar-refractivity contribution in [3.05, 3.63) is 59.7 Å². The number of amides is 1. The van der Waals surface area contributed by atoms with E-state index < -0.39 is 0 Å². The van der Waals surface area contributed by atoms with Gasteiger partial charge in [-0.2, -0.15) is 0 Å². The molecule has 1 saturated heterocycles. The van der Waals surface area contributed by atoms with Crippen molar-refractivity contribution in [2.45, 2.75) is 45.7 Å². The Morgan fingerprint density at radius 2 is 2.00 bits per heavy atom. The number of aromatic nitrogens is 3. The average Bonchev–Trinajstić information content (AvgIpc) is 3.15. The van der Waals surface area contributed by atoms with E-state index in [2.05, 4.69) is 54.3 Å². The van der Waals surface area contributed by atoms with Crippen molar-refractivity contribution < 1.29 is 4.79 Å². The lowest BCUT2D eigenvalue weighted by Gasteiger charge is -2.35. The molecule has 1 amide bonds. The van der Waals surface area contributed by atoms with Gasteiger partial charge in [-0.25, -0.2) is 4.98 Å². The number of likely N-dealkylation sites (tertiary alicyclic amines) is 1. The van der Waals surface area contributed by atoms with E-state index >= 15 is 0 Å². The van der Waals surface area contributed by atoms with E-state index in [1.54, 1.807) is 12.3 Å². The SMILES string of the molecule is Cc1ccc2nc(C(NC3CCN(C(=O)c4ccccn4)CC3)C(C)C)[nH]c2c1. The highest BCUT2D eigenvalue weighted by atomic mass is 16.2. The molecule has 152 valence electrons. The molecule has 0 radical (unpaired) electrons. The highest BCUT2D eigenvalue weighted by Crippen LogP contribution is 2.25. The number of piperidine rings is 1. The highest BCUT2D eigenvalue weighted by molar-refractivity contribution is 5.92. The number of imidazole rings is 1. The summed E-state index contributed by atoms with van der Waals surface area (Å²) in [6.07, 6.45) is 3.53. The standard InChI is InChI=1S/C23H29N5O/c1-15(2)21(22-26-18-8-7-16(3)14-20(18)27-22)25-17-9-12-28(13-10-17)23(29)19-6-4-5-11-24-19/h4-8,11,14-15,17,21,25H,9-10,12-13H2,1-3H3,(H,26,27). The van der Waals surface area contributed by atoms with E-state index in [4.69, 9.17) is 4.98 Å². The summed E-state index contributed by atoms with van der Waals surface area (Å²) in [6, 6.07) is 12.3. The van der Waals surface area contributed by atoms with Crippen LogP contribution in [-0.4, -0.2) is 44.9 Å². The third kappa shape index (κ3) is 4.32. The Balaban J connectivity index is 1.41. The number of hydrogen-bond acceptors (Lipinski definition) is 4. The minimum atomic E-state index is 0.0251. The number of nitrogens with zero attached hydrogens (tertiary/aromatic N) is 3. The van der Waals surface area contributed by atoms with Crippen molar-refractivity contribution in [1.82, 2.24) is 25.2 Å². The van der Waals surface area contributed by atoms with Crippen LogP contribution in [0, 0.1) is 12.8 Å². The van der Waals surface area contributed by atoms with Gasteiger partial charge in [0.15, 0.2) is 0 Å².